The maximum Gasteiger partial charge on any atom is 0.491 e. The zero-order chi connectivity index (χ0) is 16.6. The van der Waals surface area contributed by atoms with Gasteiger partial charge in [-0.3, -0.25) is 0 Å². The van der Waals surface area contributed by atoms with Gasteiger partial charge in [-0.2, -0.15) is 0 Å². The molecule has 3 N–H and O–H groups in total. The van der Waals surface area contributed by atoms with Crippen molar-refractivity contribution in [2.45, 2.75) is 30.7 Å². The van der Waals surface area contributed by atoms with Gasteiger partial charge in [-0.25, -0.2) is 13.4 Å². The van der Waals surface area contributed by atoms with Crippen LogP contribution in [0, 0.1) is 0 Å². The number of rotatable bonds is 4. The van der Waals surface area contributed by atoms with E-state index in [1.165, 1.54) is 6.20 Å². The minimum absolute atomic E-state index is 0.0616. The lowest BCUT2D eigenvalue weighted by atomic mass is 9.79. The molecule has 2 heterocycles. The Morgan fingerprint density at radius 3 is 2.91 bits per heavy atom. The van der Waals surface area contributed by atoms with Crippen LogP contribution in [0.5, 0.6) is 0 Å². The number of hydrogen-bond donors (Lipinski definition) is 2. The number of nitrogens with zero attached hydrogens (tertiary/aromatic N) is 1. The van der Waals surface area contributed by atoms with E-state index in [4.69, 9.17) is 10.4 Å². The first-order valence-corrected chi connectivity index (χ1v) is 8.94. The summed E-state index contributed by atoms with van der Waals surface area (Å²) in [6.07, 6.45) is 1.88. The number of nitrogens with two attached hydrogens (primary N) is 1. The third kappa shape index (κ3) is 3.10. The van der Waals surface area contributed by atoms with Crippen molar-refractivity contribution in [2.75, 3.05) is 5.73 Å². The van der Waals surface area contributed by atoms with Crippen LogP contribution in [0.1, 0.15) is 23.6 Å². The molecule has 1 aliphatic rings. The molecule has 1 aromatic heterocycles. The number of aromatic nitrogens is 1. The van der Waals surface area contributed by atoms with Crippen LogP contribution in [0.25, 0.3) is 0 Å². The Hall–Kier alpha value is -1.90. The summed E-state index contributed by atoms with van der Waals surface area (Å²) in [4.78, 5) is 4.02. The Balaban J connectivity index is 1.95. The lowest BCUT2D eigenvalue weighted by molar-refractivity contribution is 0.275. The van der Waals surface area contributed by atoms with Crippen LogP contribution < -0.4 is 11.2 Å². The van der Waals surface area contributed by atoms with Crippen molar-refractivity contribution in [3.05, 3.63) is 47.2 Å². The van der Waals surface area contributed by atoms with Crippen molar-refractivity contribution in [3.8, 4) is 0 Å². The van der Waals surface area contributed by atoms with Gasteiger partial charge >= 0.3 is 7.12 Å². The molecule has 0 atom stereocenters. The molecule has 0 amide bonds. The molecule has 23 heavy (non-hydrogen) atoms. The first-order valence-electron chi connectivity index (χ1n) is 7.29. The maximum absolute atomic E-state index is 12.7. The lowest BCUT2D eigenvalue weighted by Gasteiger charge is -2.10. The number of pyridine rings is 1. The van der Waals surface area contributed by atoms with Gasteiger partial charge in [0.15, 0.2) is 14.9 Å². The number of aryl methyl sites for hydroxylation is 1. The van der Waals surface area contributed by atoms with Crippen LogP contribution in [-0.2, 0) is 33.3 Å². The number of nitrogen functional groups attached to an aromatic ring is 1. The van der Waals surface area contributed by atoms with Gasteiger partial charge in [0.1, 0.15) is 0 Å². The number of hydrogen-bond acceptors (Lipinski definition) is 6. The average molecular weight is 332 g/mol. The van der Waals surface area contributed by atoms with Gasteiger partial charge in [0.05, 0.1) is 24.2 Å². The van der Waals surface area contributed by atoms with Crippen LogP contribution in [0.3, 0.4) is 0 Å². The fraction of sp³-hybridized carbons (Fsp3) is 0.267. The molecule has 120 valence electrons. The first kappa shape index (κ1) is 16.0. The van der Waals surface area contributed by atoms with Gasteiger partial charge in [0, 0.05) is 0 Å². The summed E-state index contributed by atoms with van der Waals surface area (Å²) in [5, 5.41) is 9.80. The van der Waals surface area contributed by atoms with Gasteiger partial charge in [-0.05, 0) is 34.6 Å². The van der Waals surface area contributed by atoms with Crippen molar-refractivity contribution < 1.29 is 18.1 Å². The highest BCUT2D eigenvalue weighted by molar-refractivity contribution is 7.90. The molecule has 1 aliphatic heterocycles. The topological polar surface area (TPSA) is 103 Å². The van der Waals surface area contributed by atoms with Crippen LogP contribution in [0.2, 0.25) is 0 Å². The number of sulfone groups is 1. The fourth-order valence-electron chi connectivity index (χ4n) is 2.69. The van der Waals surface area contributed by atoms with Crippen LogP contribution in [-0.4, -0.2) is 25.5 Å². The second-order valence-electron chi connectivity index (χ2n) is 5.54. The molecule has 2 aromatic rings. The predicted molar refractivity (Wildman–Crippen MR) is 87.8 cm³/mol. The Bertz CT molecular complexity index is 855. The highest BCUT2D eigenvalue weighted by Crippen LogP contribution is 2.21. The minimum atomic E-state index is -3.60. The normalized spacial score (nSPS) is 14.1. The Morgan fingerprint density at radius 2 is 2.17 bits per heavy atom. The van der Waals surface area contributed by atoms with Crippen LogP contribution >= 0.6 is 0 Å². The van der Waals surface area contributed by atoms with Gasteiger partial charge in [0.2, 0.25) is 0 Å². The largest absolute Gasteiger partial charge is 0.491 e. The third-order valence-electron chi connectivity index (χ3n) is 3.85. The molecule has 3 rings (SSSR count). The summed E-state index contributed by atoms with van der Waals surface area (Å²) in [6, 6.07) is 6.84. The van der Waals surface area contributed by atoms with E-state index in [2.05, 4.69) is 4.98 Å². The zero-order valence-corrected chi connectivity index (χ0v) is 13.5. The van der Waals surface area contributed by atoms with Crippen molar-refractivity contribution in [3.63, 3.8) is 0 Å². The van der Waals surface area contributed by atoms with Gasteiger partial charge < -0.3 is 15.4 Å². The van der Waals surface area contributed by atoms with Crippen molar-refractivity contribution >= 4 is 28.1 Å². The molecule has 0 aliphatic carbocycles. The fourth-order valence-corrected chi connectivity index (χ4v) is 4.26. The average Bonchev–Trinajstić information content (AvgIpc) is 2.87. The molecule has 0 radical (unpaired) electrons. The van der Waals surface area contributed by atoms with E-state index in [-0.39, 0.29) is 10.8 Å². The molecular formula is C15H17BN2O4S. The van der Waals surface area contributed by atoms with E-state index in [1.807, 2.05) is 6.92 Å². The van der Waals surface area contributed by atoms with E-state index >= 15 is 0 Å². The summed E-state index contributed by atoms with van der Waals surface area (Å²) in [7, 11) is -4.59. The van der Waals surface area contributed by atoms with Gasteiger partial charge in [-0.1, -0.05) is 25.1 Å². The van der Waals surface area contributed by atoms with Gasteiger partial charge in [-0.15, -0.1) is 0 Å². The second-order valence-corrected chi connectivity index (χ2v) is 7.45. The molecule has 0 fully saturated rings. The number of anilines is 1. The van der Waals surface area contributed by atoms with Crippen molar-refractivity contribution in [2.24, 2.45) is 0 Å². The molecule has 0 saturated heterocycles. The molecular weight excluding hydrogens is 315 g/mol. The molecule has 1 aromatic carbocycles. The monoisotopic (exact) mass is 332 g/mol. The zero-order valence-electron chi connectivity index (χ0n) is 12.7. The maximum atomic E-state index is 12.7. The van der Waals surface area contributed by atoms with Crippen molar-refractivity contribution in [1.29, 1.82) is 0 Å². The quantitative estimate of drug-likeness (QED) is 0.787. The summed E-state index contributed by atoms with van der Waals surface area (Å²) in [5.74, 6) is -0.184. The SMILES string of the molecule is CCc1cc(N)cnc1S(=O)(=O)Cc1ccc2c(c1)B(O)OC2. The Kier molecular flexibility index (Phi) is 4.14. The molecule has 8 heteroatoms. The minimum Gasteiger partial charge on any atom is -0.423 e. The summed E-state index contributed by atoms with van der Waals surface area (Å²) in [5.41, 5.74) is 8.81. The lowest BCUT2D eigenvalue weighted by Crippen LogP contribution is -2.28. The van der Waals surface area contributed by atoms with E-state index < -0.39 is 17.0 Å². The summed E-state index contributed by atoms with van der Waals surface area (Å²) < 4.78 is 30.5. The van der Waals surface area contributed by atoms with Crippen LogP contribution in [0.15, 0.2) is 35.5 Å². The Labute approximate surface area is 135 Å². The molecule has 0 spiro atoms. The number of benzene rings is 1. The van der Waals surface area contributed by atoms with E-state index in [1.54, 1.807) is 24.3 Å². The standard InChI is InChI=1S/C15H17BN2O4S/c1-2-11-6-13(17)7-18-15(11)23(20,21)9-10-3-4-12-8-22-16(19)14(12)5-10/h3-7,19H,2,8-9,17H2,1H3. The summed E-state index contributed by atoms with van der Waals surface area (Å²) in [6.45, 7) is 2.20. The van der Waals surface area contributed by atoms with Crippen LogP contribution in [0.4, 0.5) is 5.69 Å². The molecule has 0 unspecified atom stereocenters. The molecule has 0 saturated carbocycles. The Morgan fingerprint density at radius 1 is 1.39 bits per heavy atom. The smallest absolute Gasteiger partial charge is 0.423 e. The number of fused-ring (bicyclic) bond motifs is 1. The third-order valence-corrected chi connectivity index (χ3v) is 5.52. The second kappa shape index (κ2) is 5.95. The van der Waals surface area contributed by atoms with E-state index in [0.29, 0.717) is 35.3 Å². The summed E-state index contributed by atoms with van der Waals surface area (Å²) >= 11 is 0. The molecule has 6 nitrogen and oxygen atoms in total. The molecule has 0 bridgehead atoms. The first-order chi connectivity index (χ1) is 10.9. The van der Waals surface area contributed by atoms with Gasteiger partial charge in [0.25, 0.3) is 0 Å². The van der Waals surface area contributed by atoms with E-state index in [9.17, 15) is 13.4 Å². The highest BCUT2D eigenvalue weighted by atomic mass is 32.2. The highest BCUT2D eigenvalue weighted by Gasteiger charge is 2.28. The van der Waals surface area contributed by atoms with E-state index in [0.717, 1.165) is 5.56 Å². The predicted octanol–water partition coefficient (Wildman–Crippen LogP) is 0.418. The van der Waals surface area contributed by atoms with Crippen molar-refractivity contribution in [1.82, 2.24) is 4.98 Å².